The molecule has 0 aliphatic carbocycles. The van der Waals surface area contributed by atoms with E-state index in [-0.39, 0.29) is 28.1 Å². The van der Waals surface area contributed by atoms with E-state index < -0.39 is 17.9 Å². The molecule has 33 heavy (non-hydrogen) atoms. The highest BCUT2D eigenvalue weighted by Crippen LogP contribution is 2.44. The largest absolute Gasteiger partial charge is 0.402 e. The molecule has 5 rings (SSSR count). The lowest BCUT2D eigenvalue weighted by Crippen LogP contribution is -2.25. The van der Waals surface area contributed by atoms with Crippen LogP contribution in [0.5, 0.6) is 0 Å². The maximum absolute atomic E-state index is 14.6. The molecule has 0 aliphatic heterocycles. The van der Waals surface area contributed by atoms with Gasteiger partial charge in [-0.2, -0.15) is 13.2 Å². The minimum absolute atomic E-state index is 0.0829. The number of benzene rings is 1. The van der Waals surface area contributed by atoms with Gasteiger partial charge in [0.15, 0.2) is 5.82 Å². The Morgan fingerprint density at radius 1 is 0.909 bits per heavy atom. The number of hydrogen-bond acceptors (Lipinski definition) is 6. The van der Waals surface area contributed by atoms with Gasteiger partial charge in [-0.1, -0.05) is 23.7 Å². The number of pyridine rings is 3. The summed E-state index contributed by atoms with van der Waals surface area (Å²) in [6.07, 6.45) is -0.298. The minimum Gasteiger partial charge on any atom is -0.382 e. The fraction of sp³-hybridized carbons (Fsp3) is 0.0870. The molecule has 4 aromatic heterocycles. The van der Waals surface area contributed by atoms with Gasteiger partial charge < -0.3 is 5.73 Å². The van der Waals surface area contributed by atoms with Gasteiger partial charge >= 0.3 is 6.18 Å². The predicted octanol–water partition coefficient (Wildman–Crippen LogP) is 5.56. The Kier molecular flexibility index (Phi) is 5.05. The molecular weight excluding hydrogens is 453 g/mol. The molecule has 0 bridgehead atoms. The molecule has 0 radical (unpaired) electrons. The number of anilines is 1. The van der Waals surface area contributed by atoms with Crippen LogP contribution in [0.25, 0.3) is 33.2 Å². The first-order valence-electron chi connectivity index (χ1n) is 9.77. The van der Waals surface area contributed by atoms with E-state index in [9.17, 15) is 13.2 Å². The van der Waals surface area contributed by atoms with E-state index in [1.54, 1.807) is 36.4 Å². The lowest BCUT2D eigenvalue weighted by atomic mass is 9.91. The van der Waals surface area contributed by atoms with Crippen LogP contribution in [-0.4, -0.2) is 31.1 Å². The summed E-state index contributed by atoms with van der Waals surface area (Å²) in [6, 6.07) is 12.7. The van der Waals surface area contributed by atoms with Crippen LogP contribution in [0.3, 0.4) is 0 Å². The van der Waals surface area contributed by atoms with Crippen LogP contribution in [0.2, 0.25) is 5.02 Å². The van der Waals surface area contributed by atoms with Gasteiger partial charge in [-0.05, 0) is 42.0 Å². The monoisotopic (exact) mass is 466 g/mol. The Morgan fingerprint density at radius 2 is 1.73 bits per heavy atom. The highest BCUT2D eigenvalue weighted by atomic mass is 35.5. The van der Waals surface area contributed by atoms with E-state index in [0.717, 1.165) is 0 Å². The molecule has 0 unspecified atom stereocenters. The maximum Gasteiger partial charge on any atom is 0.402 e. The molecule has 1 aromatic carbocycles. The third-order valence-corrected chi connectivity index (χ3v) is 5.46. The molecule has 0 spiro atoms. The summed E-state index contributed by atoms with van der Waals surface area (Å²) in [7, 11) is 0. The minimum atomic E-state index is -4.74. The Labute approximate surface area is 190 Å². The topological polar surface area (TPSA) is 90.5 Å². The molecule has 0 fully saturated rings. The quantitative estimate of drug-likeness (QED) is 0.374. The summed E-state index contributed by atoms with van der Waals surface area (Å²) in [6.45, 7) is 0. The van der Waals surface area contributed by atoms with Crippen LogP contribution < -0.4 is 5.73 Å². The van der Waals surface area contributed by atoms with Crippen molar-refractivity contribution < 1.29 is 13.2 Å². The summed E-state index contributed by atoms with van der Waals surface area (Å²) in [5, 5.41) is 0.778. The van der Waals surface area contributed by atoms with Crippen molar-refractivity contribution in [2.75, 3.05) is 5.73 Å². The highest BCUT2D eigenvalue weighted by Gasteiger charge is 2.46. The van der Waals surface area contributed by atoms with Gasteiger partial charge in [-0.15, -0.1) is 0 Å². The molecular formula is C23H14ClF3N6. The van der Waals surface area contributed by atoms with Gasteiger partial charge in [0.1, 0.15) is 17.3 Å². The van der Waals surface area contributed by atoms with Crippen LogP contribution in [0, 0.1) is 0 Å². The third kappa shape index (κ3) is 3.80. The molecule has 4 heterocycles. The molecule has 0 saturated heterocycles. The number of nitrogen functional groups attached to an aromatic ring is 1. The normalized spacial score (nSPS) is 12.8. The number of fused-ring (bicyclic) bond motifs is 2. The van der Waals surface area contributed by atoms with Crippen LogP contribution in [0.1, 0.15) is 17.3 Å². The summed E-state index contributed by atoms with van der Waals surface area (Å²) in [4.78, 5) is 20.8. The molecule has 2 N–H and O–H groups in total. The van der Waals surface area contributed by atoms with E-state index in [0.29, 0.717) is 21.5 Å². The zero-order valence-electron chi connectivity index (χ0n) is 16.8. The smallest absolute Gasteiger partial charge is 0.382 e. The second-order valence-corrected chi connectivity index (χ2v) is 7.70. The number of hydrogen-bond donors (Lipinski definition) is 1. The van der Waals surface area contributed by atoms with E-state index in [2.05, 4.69) is 24.9 Å². The Balaban J connectivity index is 1.84. The van der Waals surface area contributed by atoms with Crippen molar-refractivity contribution in [2.45, 2.75) is 12.1 Å². The van der Waals surface area contributed by atoms with Gasteiger partial charge in [-0.3, -0.25) is 9.97 Å². The molecule has 164 valence electrons. The van der Waals surface area contributed by atoms with Crippen LogP contribution in [0.4, 0.5) is 19.0 Å². The summed E-state index contributed by atoms with van der Waals surface area (Å²) < 4.78 is 43.8. The predicted molar refractivity (Wildman–Crippen MR) is 120 cm³/mol. The zero-order valence-corrected chi connectivity index (χ0v) is 17.5. The standard InChI is InChI=1S/C23H14ClF3N6/c24-15-6-1-4-12-10-14(18(32-19(12)15)13-5-2-8-29-11-13)17(23(25,26)27)22-31-16-7-3-9-30-20(16)21(28)33-22/h1-11,17H,(H2,28,31,33)/t17-/m1/s1. The van der Waals surface area contributed by atoms with Crippen molar-refractivity contribution in [3.63, 3.8) is 0 Å². The number of aromatic nitrogens is 5. The molecule has 5 aromatic rings. The van der Waals surface area contributed by atoms with Crippen molar-refractivity contribution in [3.8, 4) is 11.3 Å². The SMILES string of the molecule is Nc1nc([C@@H](c2cc3cccc(Cl)c3nc2-c2cccnc2)C(F)(F)F)nc2cccnc12. The number of nitrogens with zero attached hydrogens (tertiary/aromatic N) is 5. The first-order valence-corrected chi connectivity index (χ1v) is 10.1. The van der Waals surface area contributed by atoms with E-state index in [1.165, 1.54) is 30.7 Å². The number of alkyl halides is 3. The maximum atomic E-state index is 14.6. The summed E-state index contributed by atoms with van der Waals surface area (Å²) >= 11 is 6.29. The molecule has 1 atom stereocenters. The molecule has 0 saturated carbocycles. The second-order valence-electron chi connectivity index (χ2n) is 7.29. The average Bonchev–Trinajstić information content (AvgIpc) is 2.79. The zero-order chi connectivity index (χ0) is 23.2. The summed E-state index contributed by atoms with van der Waals surface area (Å²) in [5.74, 6) is -2.83. The van der Waals surface area contributed by atoms with Crippen molar-refractivity contribution in [1.82, 2.24) is 24.9 Å². The van der Waals surface area contributed by atoms with Crippen molar-refractivity contribution in [1.29, 1.82) is 0 Å². The van der Waals surface area contributed by atoms with Gasteiger partial charge in [0.2, 0.25) is 0 Å². The van der Waals surface area contributed by atoms with Gasteiger partial charge in [0, 0.05) is 29.5 Å². The molecule has 0 amide bonds. The van der Waals surface area contributed by atoms with E-state index in [4.69, 9.17) is 17.3 Å². The molecule has 6 nitrogen and oxygen atoms in total. The van der Waals surface area contributed by atoms with Crippen LogP contribution in [-0.2, 0) is 0 Å². The second kappa shape index (κ2) is 7.93. The van der Waals surface area contributed by atoms with Crippen molar-refractivity contribution in [3.05, 3.63) is 83.5 Å². The molecule has 10 heteroatoms. The molecule has 0 aliphatic rings. The van der Waals surface area contributed by atoms with Gasteiger partial charge in [0.25, 0.3) is 0 Å². The fourth-order valence-electron chi connectivity index (χ4n) is 3.73. The Hall–Kier alpha value is -3.85. The van der Waals surface area contributed by atoms with Crippen molar-refractivity contribution in [2.24, 2.45) is 0 Å². The third-order valence-electron chi connectivity index (χ3n) is 5.16. The Morgan fingerprint density at radius 3 is 2.48 bits per heavy atom. The van der Waals surface area contributed by atoms with E-state index in [1.807, 2.05) is 0 Å². The summed E-state index contributed by atoms with van der Waals surface area (Å²) in [5.41, 5.74) is 7.14. The van der Waals surface area contributed by atoms with Crippen molar-refractivity contribution >= 4 is 39.4 Å². The fourth-order valence-corrected chi connectivity index (χ4v) is 3.96. The van der Waals surface area contributed by atoms with Crippen LogP contribution in [0.15, 0.2) is 67.1 Å². The number of rotatable bonds is 3. The van der Waals surface area contributed by atoms with Crippen LogP contribution >= 0.6 is 11.6 Å². The first-order chi connectivity index (χ1) is 15.8. The lowest BCUT2D eigenvalue weighted by molar-refractivity contribution is -0.142. The van der Waals surface area contributed by atoms with Gasteiger partial charge in [0.05, 0.1) is 21.7 Å². The first kappa shape index (κ1) is 21.0. The highest BCUT2D eigenvalue weighted by molar-refractivity contribution is 6.35. The average molecular weight is 467 g/mol. The van der Waals surface area contributed by atoms with E-state index >= 15 is 0 Å². The number of halogens is 4. The van der Waals surface area contributed by atoms with Gasteiger partial charge in [-0.25, -0.2) is 15.0 Å². The number of nitrogens with two attached hydrogens (primary N) is 1. The lowest BCUT2D eigenvalue weighted by Gasteiger charge is -2.23. The Bertz CT molecular complexity index is 1490. The number of para-hydroxylation sites is 1.